The lowest BCUT2D eigenvalue weighted by Gasteiger charge is -2.19. The summed E-state index contributed by atoms with van der Waals surface area (Å²) >= 11 is 0. The Balaban J connectivity index is 1.95. The molecule has 0 heterocycles. The number of carbonyl (C=O) groups is 2. The third kappa shape index (κ3) is 9.43. The van der Waals surface area contributed by atoms with Gasteiger partial charge in [-0.1, -0.05) is 72.7 Å². The Morgan fingerprint density at radius 1 is 0.657 bits per heavy atom. The molecule has 0 N–H and O–H groups in total. The summed E-state index contributed by atoms with van der Waals surface area (Å²) in [6.45, 7) is 16.8. The molecule has 0 atom stereocenters. The van der Waals surface area contributed by atoms with Crippen molar-refractivity contribution in [3.63, 3.8) is 0 Å². The van der Waals surface area contributed by atoms with E-state index in [9.17, 15) is 9.59 Å². The predicted octanol–water partition coefficient (Wildman–Crippen LogP) is 6.28. The lowest BCUT2D eigenvalue weighted by atomic mass is 9.87. The first-order valence-corrected chi connectivity index (χ1v) is 11.6. The molecule has 2 rings (SSSR count). The van der Waals surface area contributed by atoms with Gasteiger partial charge in [-0.2, -0.15) is 0 Å². The van der Waals surface area contributed by atoms with Gasteiger partial charge in [0.1, 0.15) is 0 Å². The quantitative estimate of drug-likeness (QED) is 0.211. The number of carbonyl (C=O) groups excluding carboxylic acids is 2. The molecule has 0 saturated carbocycles. The van der Waals surface area contributed by atoms with Crippen LogP contribution in [0.25, 0.3) is 0 Å². The van der Waals surface area contributed by atoms with Crippen molar-refractivity contribution in [2.24, 2.45) is 0 Å². The number of ether oxygens (including phenoxy) is 1. The molecule has 0 saturated heterocycles. The van der Waals surface area contributed by atoms with Gasteiger partial charge in [0.15, 0.2) is 0 Å². The van der Waals surface area contributed by atoms with Crippen molar-refractivity contribution in [3.8, 4) is 0 Å². The second-order valence-corrected chi connectivity index (χ2v) is 10.2. The molecule has 0 aliphatic carbocycles. The standard InChI is InChI=1S/C28H36O7/c1-8-18-31-19-17-24(32-34-25(29)20-9-13-22(14-10-20)27(2,3)4)33-35-26(30)21-11-15-23(16-12-21)28(5,6)7/h9-16H,1,8,17-19H2,2-7H3. The molecule has 0 aliphatic heterocycles. The van der Waals surface area contributed by atoms with Crippen LogP contribution in [0.2, 0.25) is 0 Å². The number of hydrogen-bond donors (Lipinski definition) is 0. The van der Waals surface area contributed by atoms with E-state index in [1.807, 2.05) is 24.3 Å². The normalized spacial score (nSPS) is 12.0. The molecule has 2 aromatic carbocycles. The Morgan fingerprint density at radius 2 is 1.06 bits per heavy atom. The number of benzene rings is 2. The van der Waals surface area contributed by atoms with E-state index in [-0.39, 0.29) is 30.1 Å². The highest BCUT2D eigenvalue weighted by Crippen LogP contribution is 2.24. The summed E-state index contributed by atoms with van der Waals surface area (Å²) < 4.78 is 5.36. The van der Waals surface area contributed by atoms with E-state index in [4.69, 9.17) is 24.3 Å². The summed E-state index contributed by atoms with van der Waals surface area (Å²) in [6.07, 6.45) is 0.441. The molecule has 35 heavy (non-hydrogen) atoms. The molecule has 2 aromatic rings. The summed E-state index contributed by atoms with van der Waals surface area (Å²) in [6, 6.07) is 14.1. The van der Waals surface area contributed by atoms with E-state index >= 15 is 0 Å². The minimum atomic E-state index is -0.714. The van der Waals surface area contributed by atoms with Crippen LogP contribution in [-0.4, -0.2) is 25.2 Å². The van der Waals surface area contributed by atoms with Gasteiger partial charge in [-0.25, -0.2) is 9.59 Å². The monoisotopic (exact) mass is 484 g/mol. The van der Waals surface area contributed by atoms with Gasteiger partial charge in [-0.05, 0) is 52.6 Å². The molecule has 2 radical (unpaired) electrons. The van der Waals surface area contributed by atoms with Gasteiger partial charge in [0.2, 0.25) is 0 Å². The van der Waals surface area contributed by atoms with E-state index in [1.165, 1.54) is 0 Å². The average Bonchev–Trinajstić information content (AvgIpc) is 2.81. The predicted molar refractivity (Wildman–Crippen MR) is 132 cm³/mol. The topological polar surface area (TPSA) is 80.3 Å². The number of hydrogen-bond acceptors (Lipinski definition) is 7. The second-order valence-electron chi connectivity index (χ2n) is 10.2. The molecular formula is C28H36O7. The lowest BCUT2D eigenvalue weighted by Crippen LogP contribution is -2.18. The van der Waals surface area contributed by atoms with Gasteiger partial charge in [0, 0.05) is 13.0 Å². The summed E-state index contributed by atoms with van der Waals surface area (Å²) in [5, 5.41) is 0. The van der Waals surface area contributed by atoms with Crippen LogP contribution in [-0.2, 0) is 35.1 Å². The fourth-order valence-corrected chi connectivity index (χ4v) is 2.93. The SMILES string of the molecule is [CH2]CCOCC[C](OOC(=O)c1ccc(C(C)(C)C)cc1)OOC(=O)c1ccc(C(C)(C)C)cc1. The summed E-state index contributed by atoms with van der Waals surface area (Å²) in [7, 11) is 0. The average molecular weight is 485 g/mol. The van der Waals surface area contributed by atoms with Crippen LogP contribution in [0.5, 0.6) is 0 Å². The first kappa shape index (κ1) is 28.5. The molecule has 0 aromatic heterocycles. The zero-order valence-electron chi connectivity index (χ0n) is 21.5. The fraction of sp³-hybridized carbons (Fsp3) is 0.429. The molecule has 0 amide bonds. The molecule has 7 heteroatoms. The summed E-state index contributed by atoms with van der Waals surface area (Å²) in [5.74, 6) is -1.43. The zero-order valence-corrected chi connectivity index (χ0v) is 21.5. The van der Waals surface area contributed by atoms with E-state index in [2.05, 4.69) is 48.5 Å². The molecular weight excluding hydrogens is 448 g/mol. The maximum absolute atomic E-state index is 12.4. The smallest absolute Gasteiger partial charge is 0.373 e. The van der Waals surface area contributed by atoms with E-state index in [0.717, 1.165) is 11.1 Å². The van der Waals surface area contributed by atoms with Crippen LogP contribution in [0.4, 0.5) is 0 Å². The van der Waals surface area contributed by atoms with Crippen molar-refractivity contribution in [2.45, 2.75) is 65.2 Å². The highest BCUT2D eigenvalue weighted by atomic mass is 17.3. The van der Waals surface area contributed by atoms with Gasteiger partial charge in [-0.15, -0.1) is 9.78 Å². The van der Waals surface area contributed by atoms with Crippen molar-refractivity contribution in [1.29, 1.82) is 0 Å². The Labute approximate surface area is 208 Å². The molecule has 0 fully saturated rings. The molecule has 7 nitrogen and oxygen atoms in total. The van der Waals surface area contributed by atoms with E-state index < -0.39 is 11.9 Å². The second kappa shape index (κ2) is 12.8. The Kier molecular flexibility index (Phi) is 10.4. The first-order valence-electron chi connectivity index (χ1n) is 11.6. The van der Waals surface area contributed by atoms with Crippen molar-refractivity contribution < 1.29 is 33.9 Å². The van der Waals surface area contributed by atoms with Crippen LogP contribution in [0.3, 0.4) is 0 Å². The van der Waals surface area contributed by atoms with Crippen molar-refractivity contribution >= 4 is 11.9 Å². The minimum absolute atomic E-state index is 0.0430. The highest BCUT2D eigenvalue weighted by molar-refractivity contribution is 5.89. The van der Waals surface area contributed by atoms with Crippen LogP contribution < -0.4 is 0 Å². The van der Waals surface area contributed by atoms with Crippen LogP contribution >= 0.6 is 0 Å². The van der Waals surface area contributed by atoms with Gasteiger partial charge < -0.3 is 4.74 Å². The largest absolute Gasteiger partial charge is 0.381 e. The maximum Gasteiger partial charge on any atom is 0.373 e. The third-order valence-electron chi connectivity index (χ3n) is 5.13. The van der Waals surface area contributed by atoms with Crippen molar-refractivity contribution in [2.75, 3.05) is 13.2 Å². The summed E-state index contributed by atoms with van der Waals surface area (Å²) in [5.41, 5.74) is 2.69. The Bertz CT molecular complexity index is 862. The van der Waals surface area contributed by atoms with Crippen molar-refractivity contribution in [1.82, 2.24) is 0 Å². The van der Waals surface area contributed by atoms with Gasteiger partial charge >= 0.3 is 18.2 Å². The van der Waals surface area contributed by atoms with Gasteiger partial charge in [0.25, 0.3) is 0 Å². The summed E-state index contributed by atoms with van der Waals surface area (Å²) in [4.78, 5) is 44.7. The molecule has 0 spiro atoms. The molecule has 0 aliphatic rings. The highest BCUT2D eigenvalue weighted by Gasteiger charge is 2.23. The van der Waals surface area contributed by atoms with Crippen LogP contribution in [0, 0.1) is 13.2 Å². The van der Waals surface area contributed by atoms with Gasteiger partial charge in [0.05, 0.1) is 17.7 Å². The molecule has 0 bridgehead atoms. The van der Waals surface area contributed by atoms with Gasteiger partial charge in [-0.3, -0.25) is 9.78 Å². The minimum Gasteiger partial charge on any atom is -0.381 e. The number of rotatable bonds is 11. The lowest BCUT2D eigenvalue weighted by molar-refractivity contribution is -0.364. The molecule has 0 unspecified atom stereocenters. The maximum atomic E-state index is 12.4. The fourth-order valence-electron chi connectivity index (χ4n) is 2.93. The van der Waals surface area contributed by atoms with Crippen LogP contribution in [0.15, 0.2) is 48.5 Å². The van der Waals surface area contributed by atoms with E-state index in [0.29, 0.717) is 24.2 Å². The zero-order chi connectivity index (χ0) is 26.1. The van der Waals surface area contributed by atoms with Crippen molar-refractivity contribution in [3.05, 3.63) is 84.0 Å². The van der Waals surface area contributed by atoms with Crippen LogP contribution in [0.1, 0.15) is 86.2 Å². The Morgan fingerprint density at radius 3 is 1.40 bits per heavy atom. The third-order valence-corrected chi connectivity index (χ3v) is 5.13. The first-order chi connectivity index (χ1) is 16.4. The Hall–Kier alpha value is -2.74. The van der Waals surface area contributed by atoms with E-state index in [1.54, 1.807) is 24.3 Å². The molecule has 190 valence electrons.